The number of hydrogen-bond acceptors (Lipinski definition) is 6. The zero-order chi connectivity index (χ0) is 17.1. The minimum absolute atomic E-state index is 0.376. The van der Waals surface area contributed by atoms with E-state index in [1.807, 2.05) is 23.6 Å². The maximum Gasteiger partial charge on any atom is 0.351 e. The number of carbonyl (C=O) groups is 2. The number of aromatic nitrogens is 1. The molecule has 3 aromatic rings. The van der Waals surface area contributed by atoms with Gasteiger partial charge in [0.2, 0.25) is 6.10 Å². The third-order valence-corrected chi connectivity index (χ3v) is 5.48. The molecule has 1 aromatic carbocycles. The first-order valence-corrected chi connectivity index (χ1v) is 8.82. The molecule has 2 aromatic heterocycles. The first-order valence-electron chi connectivity index (χ1n) is 7.13. The zero-order valence-corrected chi connectivity index (χ0v) is 14.4. The van der Waals surface area contributed by atoms with Gasteiger partial charge >= 0.3 is 5.97 Å². The van der Waals surface area contributed by atoms with Crippen molar-refractivity contribution in [2.75, 3.05) is 0 Å². The maximum absolute atomic E-state index is 12.5. The van der Waals surface area contributed by atoms with Gasteiger partial charge in [-0.25, -0.2) is 9.78 Å². The van der Waals surface area contributed by atoms with Crippen molar-refractivity contribution in [2.45, 2.75) is 13.0 Å². The molecule has 0 bridgehead atoms. The fourth-order valence-electron chi connectivity index (χ4n) is 2.17. The summed E-state index contributed by atoms with van der Waals surface area (Å²) < 4.78 is 5.36. The fraction of sp³-hybridized carbons (Fsp3) is 0.118. The van der Waals surface area contributed by atoms with Crippen molar-refractivity contribution in [1.82, 2.24) is 4.98 Å². The molecule has 7 heteroatoms. The third-order valence-electron chi connectivity index (χ3n) is 3.30. The summed E-state index contributed by atoms with van der Waals surface area (Å²) in [5.74, 6) is -1.31. The predicted octanol–water partition coefficient (Wildman–Crippen LogP) is 3.56. The van der Waals surface area contributed by atoms with Crippen LogP contribution in [0.5, 0.6) is 0 Å². The molecule has 0 unspecified atom stereocenters. The fourth-order valence-corrected chi connectivity index (χ4v) is 3.92. The number of nitrogens with zero attached hydrogens (tertiary/aromatic N) is 1. The lowest BCUT2D eigenvalue weighted by atomic mass is 10.1. The van der Waals surface area contributed by atoms with Crippen molar-refractivity contribution >= 4 is 34.6 Å². The van der Waals surface area contributed by atoms with Crippen molar-refractivity contribution in [3.63, 3.8) is 0 Å². The average molecular weight is 358 g/mol. The Morgan fingerprint density at radius 2 is 1.92 bits per heavy atom. The summed E-state index contributed by atoms with van der Waals surface area (Å²) in [6.45, 7) is 1.74. The van der Waals surface area contributed by atoms with Gasteiger partial charge in [0, 0.05) is 5.56 Å². The van der Waals surface area contributed by atoms with Gasteiger partial charge in [-0.05, 0) is 18.4 Å². The third kappa shape index (κ3) is 3.37. The number of nitrogens with two attached hydrogens (primary N) is 1. The molecule has 0 aliphatic heterocycles. The standard InChI is InChI=1S/C17H14N2O3S2/c1-10-14(24-16(19-10)12-8-5-9-23-12)17(21)22-13(15(18)20)11-6-3-2-4-7-11/h2-9,13H,1H3,(H2,18,20)/t13-/m0/s1. The number of thiophene rings is 1. The number of ether oxygens (including phenoxy) is 1. The first-order chi connectivity index (χ1) is 11.6. The topological polar surface area (TPSA) is 82.3 Å². The quantitative estimate of drug-likeness (QED) is 0.707. The Morgan fingerprint density at radius 1 is 1.17 bits per heavy atom. The van der Waals surface area contributed by atoms with Gasteiger partial charge in [-0.15, -0.1) is 22.7 Å². The van der Waals surface area contributed by atoms with Crippen LogP contribution in [0.15, 0.2) is 47.8 Å². The van der Waals surface area contributed by atoms with Crippen molar-refractivity contribution in [3.05, 3.63) is 64.0 Å². The van der Waals surface area contributed by atoms with Gasteiger partial charge in [0.15, 0.2) is 0 Å². The summed E-state index contributed by atoms with van der Waals surface area (Å²) >= 11 is 2.79. The number of benzene rings is 1. The second-order valence-electron chi connectivity index (χ2n) is 5.01. The monoisotopic (exact) mass is 358 g/mol. The number of hydrogen-bond donors (Lipinski definition) is 1. The van der Waals surface area contributed by atoms with E-state index >= 15 is 0 Å². The molecule has 0 fully saturated rings. The minimum atomic E-state index is -1.12. The molecular formula is C17H14N2O3S2. The van der Waals surface area contributed by atoms with E-state index in [2.05, 4.69) is 4.98 Å². The first kappa shape index (κ1) is 16.4. The molecule has 122 valence electrons. The molecule has 24 heavy (non-hydrogen) atoms. The summed E-state index contributed by atoms with van der Waals surface area (Å²) in [6, 6.07) is 12.6. The zero-order valence-electron chi connectivity index (χ0n) is 12.8. The Bertz CT molecular complexity index is 857. The lowest BCUT2D eigenvalue weighted by molar-refractivity contribution is -0.127. The van der Waals surface area contributed by atoms with Crippen LogP contribution in [0.25, 0.3) is 9.88 Å². The highest BCUT2D eigenvalue weighted by Crippen LogP contribution is 2.32. The van der Waals surface area contributed by atoms with Gasteiger partial charge in [0.1, 0.15) is 9.88 Å². The lowest BCUT2D eigenvalue weighted by Crippen LogP contribution is -2.26. The van der Waals surface area contributed by atoms with Crippen molar-refractivity contribution in [3.8, 4) is 9.88 Å². The van der Waals surface area contributed by atoms with Crippen LogP contribution in [0.1, 0.15) is 27.0 Å². The number of thiazole rings is 1. The van der Waals surface area contributed by atoms with Crippen LogP contribution in [0, 0.1) is 6.92 Å². The number of esters is 1. The van der Waals surface area contributed by atoms with E-state index in [-0.39, 0.29) is 0 Å². The molecule has 5 nitrogen and oxygen atoms in total. The van der Waals surface area contributed by atoms with Crippen molar-refractivity contribution < 1.29 is 14.3 Å². The summed E-state index contributed by atoms with van der Waals surface area (Å²) in [6.07, 6.45) is -1.12. The van der Waals surface area contributed by atoms with Gasteiger partial charge in [0.05, 0.1) is 10.6 Å². The summed E-state index contributed by atoms with van der Waals surface area (Å²) in [5, 5.41) is 2.70. The van der Waals surface area contributed by atoms with Crippen LogP contribution in [0.2, 0.25) is 0 Å². The molecule has 3 rings (SSSR count). The van der Waals surface area contributed by atoms with E-state index < -0.39 is 18.0 Å². The van der Waals surface area contributed by atoms with Crippen molar-refractivity contribution in [1.29, 1.82) is 0 Å². The number of amides is 1. The van der Waals surface area contributed by atoms with Gasteiger partial charge in [-0.2, -0.15) is 0 Å². The molecule has 1 amide bonds. The Labute approximate surface area is 146 Å². The van der Waals surface area contributed by atoms with Crippen LogP contribution in [0.3, 0.4) is 0 Å². The Kier molecular flexibility index (Phi) is 4.73. The molecule has 0 aliphatic carbocycles. The van der Waals surface area contributed by atoms with E-state index in [1.165, 1.54) is 11.3 Å². The molecule has 0 aliphatic rings. The molecule has 0 radical (unpaired) electrons. The molecule has 0 spiro atoms. The highest BCUT2D eigenvalue weighted by molar-refractivity contribution is 7.22. The highest BCUT2D eigenvalue weighted by atomic mass is 32.1. The van der Waals surface area contributed by atoms with Crippen LogP contribution >= 0.6 is 22.7 Å². The van der Waals surface area contributed by atoms with Crippen molar-refractivity contribution in [2.24, 2.45) is 5.73 Å². The summed E-state index contributed by atoms with van der Waals surface area (Å²) in [4.78, 5) is 29.9. The Balaban J connectivity index is 1.85. The largest absolute Gasteiger partial charge is 0.443 e. The SMILES string of the molecule is Cc1nc(-c2cccs2)sc1C(=O)O[C@H](C(N)=O)c1ccccc1. The molecular weight excluding hydrogens is 344 g/mol. The van der Waals surface area contributed by atoms with Crippen LogP contribution in [-0.4, -0.2) is 16.9 Å². The normalized spacial score (nSPS) is 11.9. The minimum Gasteiger partial charge on any atom is -0.443 e. The molecule has 2 heterocycles. The highest BCUT2D eigenvalue weighted by Gasteiger charge is 2.26. The number of primary amides is 1. The van der Waals surface area contributed by atoms with Crippen LogP contribution in [0.4, 0.5) is 0 Å². The van der Waals surface area contributed by atoms with Gasteiger partial charge in [-0.3, -0.25) is 4.79 Å². The number of carbonyl (C=O) groups excluding carboxylic acids is 2. The smallest absolute Gasteiger partial charge is 0.351 e. The summed E-state index contributed by atoms with van der Waals surface area (Å²) in [7, 11) is 0. The second kappa shape index (κ2) is 6.94. The van der Waals surface area contributed by atoms with E-state index in [4.69, 9.17) is 10.5 Å². The van der Waals surface area contributed by atoms with Crippen LogP contribution < -0.4 is 5.73 Å². The van der Waals surface area contributed by atoms with E-state index in [0.717, 1.165) is 9.88 Å². The molecule has 2 N–H and O–H groups in total. The van der Waals surface area contributed by atoms with Crippen LogP contribution in [-0.2, 0) is 9.53 Å². The molecule has 1 atom stereocenters. The Hall–Kier alpha value is -2.51. The van der Waals surface area contributed by atoms with E-state index in [1.54, 1.807) is 42.5 Å². The molecule has 0 saturated carbocycles. The summed E-state index contributed by atoms with van der Waals surface area (Å²) in [5.41, 5.74) is 6.50. The molecule has 0 saturated heterocycles. The van der Waals surface area contributed by atoms with Gasteiger partial charge < -0.3 is 10.5 Å². The van der Waals surface area contributed by atoms with E-state index in [9.17, 15) is 9.59 Å². The predicted molar refractivity (Wildman–Crippen MR) is 94.0 cm³/mol. The number of rotatable bonds is 5. The lowest BCUT2D eigenvalue weighted by Gasteiger charge is -2.14. The average Bonchev–Trinajstić information content (AvgIpc) is 3.22. The van der Waals surface area contributed by atoms with Gasteiger partial charge in [0.25, 0.3) is 5.91 Å². The van der Waals surface area contributed by atoms with E-state index in [0.29, 0.717) is 16.1 Å². The maximum atomic E-state index is 12.5. The van der Waals surface area contributed by atoms with Gasteiger partial charge in [-0.1, -0.05) is 36.4 Å². The second-order valence-corrected chi connectivity index (χ2v) is 6.96. The Morgan fingerprint density at radius 3 is 2.54 bits per heavy atom. The number of aryl methyl sites for hydroxylation is 1.